The average Bonchev–Trinajstić information content (AvgIpc) is 2.37. The minimum Gasteiger partial charge on any atom is -0.324 e. The number of hydrogen-bond donors (Lipinski definition) is 1. The summed E-state index contributed by atoms with van der Waals surface area (Å²) < 4.78 is 0. The standard InChI is InChI=1S/C15H15ClN/c16-14-8-4-5-12(11-14)9-10-15(17)13-6-2-1-3-7-13/h1-7,11,15H,9-10,17H2/t15-/m0/s1. The van der Waals surface area contributed by atoms with Crippen molar-refractivity contribution >= 4 is 11.6 Å². The van der Waals surface area contributed by atoms with Crippen LogP contribution in [-0.2, 0) is 6.42 Å². The van der Waals surface area contributed by atoms with Crippen LogP contribution in [0.5, 0.6) is 0 Å². The zero-order valence-electron chi connectivity index (χ0n) is 9.57. The molecule has 1 atom stereocenters. The van der Waals surface area contributed by atoms with Crippen LogP contribution in [0.4, 0.5) is 0 Å². The Bertz CT molecular complexity index is 467. The van der Waals surface area contributed by atoms with Gasteiger partial charge >= 0.3 is 0 Å². The summed E-state index contributed by atoms with van der Waals surface area (Å²) in [7, 11) is 0. The van der Waals surface area contributed by atoms with Crippen molar-refractivity contribution in [1.29, 1.82) is 0 Å². The number of rotatable bonds is 4. The van der Waals surface area contributed by atoms with Gasteiger partial charge in [0.15, 0.2) is 0 Å². The molecule has 0 aliphatic carbocycles. The van der Waals surface area contributed by atoms with Crippen molar-refractivity contribution in [3.05, 3.63) is 70.7 Å². The zero-order valence-corrected chi connectivity index (χ0v) is 10.3. The third-order valence-corrected chi connectivity index (χ3v) is 3.02. The first kappa shape index (κ1) is 12.2. The average molecular weight is 245 g/mol. The van der Waals surface area contributed by atoms with Gasteiger partial charge in [-0.05, 0) is 30.0 Å². The molecule has 2 aromatic carbocycles. The van der Waals surface area contributed by atoms with Crippen molar-refractivity contribution in [3.8, 4) is 0 Å². The molecule has 0 bridgehead atoms. The topological polar surface area (TPSA) is 26.0 Å². The highest BCUT2D eigenvalue weighted by Crippen LogP contribution is 2.18. The highest BCUT2D eigenvalue weighted by molar-refractivity contribution is 6.30. The van der Waals surface area contributed by atoms with Gasteiger partial charge in [0, 0.05) is 17.1 Å². The lowest BCUT2D eigenvalue weighted by atomic mass is 10.00. The normalized spacial score (nSPS) is 12.4. The maximum absolute atomic E-state index is 6.14. The molecule has 0 saturated heterocycles. The van der Waals surface area contributed by atoms with Crippen LogP contribution in [0.25, 0.3) is 0 Å². The molecule has 0 aliphatic rings. The Morgan fingerprint density at radius 3 is 2.65 bits per heavy atom. The third-order valence-electron chi connectivity index (χ3n) is 2.80. The second-order valence-corrected chi connectivity index (χ2v) is 4.51. The molecule has 2 rings (SSSR count). The number of hydrogen-bond acceptors (Lipinski definition) is 1. The fourth-order valence-electron chi connectivity index (χ4n) is 1.83. The van der Waals surface area contributed by atoms with E-state index in [2.05, 4.69) is 18.2 Å². The predicted octanol–water partition coefficient (Wildman–Crippen LogP) is 3.77. The lowest BCUT2D eigenvalue weighted by molar-refractivity contribution is 0.651. The van der Waals surface area contributed by atoms with Crippen LogP contribution in [0.2, 0.25) is 5.02 Å². The van der Waals surface area contributed by atoms with Crippen LogP contribution in [0, 0.1) is 6.07 Å². The molecule has 17 heavy (non-hydrogen) atoms. The van der Waals surface area contributed by atoms with E-state index < -0.39 is 0 Å². The Labute approximate surface area is 107 Å². The van der Waals surface area contributed by atoms with Crippen LogP contribution in [-0.4, -0.2) is 0 Å². The van der Waals surface area contributed by atoms with Crippen LogP contribution >= 0.6 is 11.6 Å². The first-order chi connectivity index (χ1) is 8.25. The highest BCUT2D eigenvalue weighted by atomic mass is 35.5. The van der Waals surface area contributed by atoms with E-state index in [1.54, 1.807) is 0 Å². The van der Waals surface area contributed by atoms with Crippen molar-refractivity contribution < 1.29 is 0 Å². The predicted molar refractivity (Wildman–Crippen MR) is 72.0 cm³/mol. The molecule has 0 heterocycles. The minimum atomic E-state index is 0.0826. The number of halogens is 1. The molecule has 2 heteroatoms. The van der Waals surface area contributed by atoms with E-state index in [9.17, 15) is 0 Å². The Morgan fingerprint density at radius 2 is 1.94 bits per heavy atom. The molecule has 2 N–H and O–H groups in total. The molecule has 1 nitrogen and oxygen atoms in total. The quantitative estimate of drug-likeness (QED) is 0.871. The van der Waals surface area contributed by atoms with Gasteiger partial charge in [0.1, 0.15) is 0 Å². The van der Waals surface area contributed by atoms with E-state index in [4.69, 9.17) is 17.3 Å². The second kappa shape index (κ2) is 5.85. The Balaban J connectivity index is 1.95. The second-order valence-electron chi connectivity index (χ2n) is 4.10. The van der Waals surface area contributed by atoms with Gasteiger partial charge in [0.05, 0.1) is 0 Å². The summed E-state index contributed by atoms with van der Waals surface area (Å²) in [6, 6.07) is 19.0. The van der Waals surface area contributed by atoms with E-state index in [1.807, 2.05) is 36.4 Å². The summed E-state index contributed by atoms with van der Waals surface area (Å²) in [6.07, 6.45) is 1.86. The minimum absolute atomic E-state index is 0.0826. The molecular weight excluding hydrogens is 230 g/mol. The van der Waals surface area contributed by atoms with E-state index in [0.717, 1.165) is 12.8 Å². The molecular formula is C15H15ClN. The highest BCUT2D eigenvalue weighted by Gasteiger charge is 2.05. The smallest absolute Gasteiger partial charge is 0.0487 e. The van der Waals surface area contributed by atoms with Gasteiger partial charge in [-0.25, -0.2) is 0 Å². The maximum atomic E-state index is 6.14. The lowest BCUT2D eigenvalue weighted by Gasteiger charge is -2.11. The molecule has 87 valence electrons. The van der Waals surface area contributed by atoms with Gasteiger partial charge in [-0.1, -0.05) is 54.1 Å². The van der Waals surface area contributed by atoms with Crippen molar-refractivity contribution in [2.24, 2.45) is 5.73 Å². The van der Waals surface area contributed by atoms with Gasteiger partial charge in [0.2, 0.25) is 0 Å². The molecule has 1 radical (unpaired) electrons. The SMILES string of the molecule is N[C@@H](CCc1cc[c]c(Cl)c1)c1ccccc1. The Morgan fingerprint density at radius 1 is 1.18 bits per heavy atom. The van der Waals surface area contributed by atoms with Crippen molar-refractivity contribution in [1.82, 2.24) is 0 Å². The van der Waals surface area contributed by atoms with Crippen LogP contribution in [0.3, 0.4) is 0 Å². The summed E-state index contributed by atoms with van der Waals surface area (Å²) in [4.78, 5) is 0. The third kappa shape index (κ3) is 3.58. The zero-order chi connectivity index (χ0) is 12.1. The van der Waals surface area contributed by atoms with Crippen molar-refractivity contribution in [3.63, 3.8) is 0 Å². The molecule has 0 amide bonds. The van der Waals surface area contributed by atoms with Crippen LogP contribution in [0.1, 0.15) is 23.6 Å². The fraction of sp³-hybridized carbons (Fsp3) is 0.200. The fourth-order valence-corrected chi connectivity index (χ4v) is 2.03. The monoisotopic (exact) mass is 244 g/mol. The molecule has 0 fully saturated rings. The molecule has 0 saturated carbocycles. The summed E-state index contributed by atoms with van der Waals surface area (Å²) in [5, 5.41) is 0.663. The van der Waals surface area contributed by atoms with Crippen LogP contribution in [0.15, 0.2) is 48.5 Å². The first-order valence-electron chi connectivity index (χ1n) is 5.72. The van der Waals surface area contributed by atoms with Crippen molar-refractivity contribution in [2.45, 2.75) is 18.9 Å². The maximum Gasteiger partial charge on any atom is 0.0487 e. The molecule has 0 aromatic heterocycles. The van der Waals surface area contributed by atoms with Crippen molar-refractivity contribution in [2.75, 3.05) is 0 Å². The van der Waals surface area contributed by atoms with Gasteiger partial charge in [-0.2, -0.15) is 0 Å². The van der Waals surface area contributed by atoms with Gasteiger partial charge in [-0.15, -0.1) is 0 Å². The molecule has 0 unspecified atom stereocenters. The van der Waals surface area contributed by atoms with Gasteiger partial charge in [-0.3, -0.25) is 0 Å². The molecule has 0 aliphatic heterocycles. The summed E-state index contributed by atoms with van der Waals surface area (Å²) in [5.74, 6) is 0. The number of aryl methyl sites for hydroxylation is 1. The summed E-state index contributed by atoms with van der Waals surface area (Å²) in [5.41, 5.74) is 8.53. The van der Waals surface area contributed by atoms with Crippen LogP contribution < -0.4 is 5.73 Å². The molecule has 2 aromatic rings. The largest absolute Gasteiger partial charge is 0.324 e. The number of benzene rings is 2. The summed E-state index contributed by atoms with van der Waals surface area (Å²) >= 11 is 5.89. The first-order valence-corrected chi connectivity index (χ1v) is 6.10. The van der Waals surface area contributed by atoms with Gasteiger partial charge in [0.25, 0.3) is 0 Å². The van der Waals surface area contributed by atoms with Gasteiger partial charge < -0.3 is 5.73 Å². The van der Waals surface area contributed by atoms with E-state index >= 15 is 0 Å². The lowest BCUT2D eigenvalue weighted by Crippen LogP contribution is -2.11. The molecule has 0 spiro atoms. The van der Waals surface area contributed by atoms with E-state index in [-0.39, 0.29) is 6.04 Å². The Hall–Kier alpha value is -1.31. The van der Waals surface area contributed by atoms with E-state index in [0.29, 0.717) is 5.02 Å². The Kier molecular flexibility index (Phi) is 4.18. The van der Waals surface area contributed by atoms with E-state index in [1.165, 1.54) is 11.1 Å². The summed E-state index contributed by atoms with van der Waals surface area (Å²) in [6.45, 7) is 0. The number of nitrogens with two attached hydrogens (primary N) is 1.